The number of hydrogen-bond donors (Lipinski definition) is 1. The zero-order valence-electron chi connectivity index (χ0n) is 9.30. The fourth-order valence-corrected chi connectivity index (χ4v) is 2.28. The molecule has 0 unspecified atom stereocenters. The quantitative estimate of drug-likeness (QED) is 0.904. The Balaban J connectivity index is 2.55. The smallest absolute Gasteiger partial charge is 0.356 e. The van der Waals surface area contributed by atoms with Gasteiger partial charge in [-0.15, -0.1) is 11.3 Å². The van der Waals surface area contributed by atoms with Gasteiger partial charge in [0.05, 0.1) is 22.7 Å². The molecule has 2 aromatic heterocycles. The Morgan fingerprint density at radius 2 is 2.18 bits per heavy atom. The highest BCUT2D eigenvalue weighted by Crippen LogP contribution is 2.29. The topological polar surface area (TPSA) is 72.3 Å². The van der Waals surface area contributed by atoms with Crippen molar-refractivity contribution in [2.45, 2.75) is 6.92 Å². The molecule has 0 amide bonds. The number of pyridine rings is 1. The number of aryl methyl sites for hydroxylation is 1. The first kappa shape index (κ1) is 11.5. The molecule has 0 saturated carbocycles. The summed E-state index contributed by atoms with van der Waals surface area (Å²) in [7, 11) is 1.52. The molecule has 2 aromatic rings. The second-order valence-corrected chi connectivity index (χ2v) is 4.48. The molecule has 1 N–H and O–H groups in total. The Morgan fingerprint density at radius 1 is 1.41 bits per heavy atom. The number of nitrogens with zero attached hydrogens (tertiary/aromatic N) is 2. The van der Waals surface area contributed by atoms with E-state index in [-0.39, 0.29) is 5.69 Å². The second-order valence-electron chi connectivity index (χ2n) is 3.28. The van der Waals surface area contributed by atoms with Gasteiger partial charge in [0.1, 0.15) is 0 Å². The Kier molecular flexibility index (Phi) is 3.06. The fraction of sp³-hybridized carbons (Fsp3) is 0.182. The number of aromatic carboxylic acids is 1. The van der Waals surface area contributed by atoms with Gasteiger partial charge in [-0.1, -0.05) is 6.07 Å². The van der Waals surface area contributed by atoms with Crippen LogP contribution in [-0.4, -0.2) is 28.2 Å². The minimum Gasteiger partial charge on any atom is -0.481 e. The Labute approximate surface area is 102 Å². The molecular formula is C11H10N2O3S. The molecule has 0 fully saturated rings. The summed E-state index contributed by atoms with van der Waals surface area (Å²) in [6.45, 7) is 1.76. The number of carbonyl (C=O) groups is 1. The normalized spacial score (nSPS) is 10.2. The van der Waals surface area contributed by atoms with Gasteiger partial charge in [-0.2, -0.15) is 0 Å². The van der Waals surface area contributed by atoms with Crippen molar-refractivity contribution in [1.29, 1.82) is 0 Å². The molecule has 2 heterocycles. The number of thiazole rings is 1. The van der Waals surface area contributed by atoms with Gasteiger partial charge in [-0.3, -0.25) is 0 Å². The Bertz CT molecular complexity index is 566. The van der Waals surface area contributed by atoms with E-state index in [0.717, 1.165) is 0 Å². The maximum Gasteiger partial charge on any atom is 0.356 e. The van der Waals surface area contributed by atoms with Gasteiger partial charge >= 0.3 is 5.97 Å². The van der Waals surface area contributed by atoms with Crippen molar-refractivity contribution in [1.82, 2.24) is 9.97 Å². The molecular weight excluding hydrogens is 240 g/mol. The van der Waals surface area contributed by atoms with E-state index in [0.29, 0.717) is 21.5 Å². The SMILES string of the molecule is COc1cccc(-c2sc(C)nc2C(=O)O)n1. The van der Waals surface area contributed by atoms with Crippen LogP contribution in [0.2, 0.25) is 0 Å². The summed E-state index contributed by atoms with van der Waals surface area (Å²) < 4.78 is 5.01. The van der Waals surface area contributed by atoms with Crippen LogP contribution in [0.15, 0.2) is 18.2 Å². The van der Waals surface area contributed by atoms with Gasteiger partial charge in [-0.25, -0.2) is 14.8 Å². The lowest BCUT2D eigenvalue weighted by Crippen LogP contribution is -1.99. The van der Waals surface area contributed by atoms with Gasteiger partial charge in [0.15, 0.2) is 5.69 Å². The van der Waals surface area contributed by atoms with Crippen molar-refractivity contribution in [2.75, 3.05) is 7.11 Å². The molecule has 0 atom stereocenters. The number of aromatic nitrogens is 2. The van der Waals surface area contributed by atoms with E-state index in [2.05, 4.69) is 9.97 Å². The molecule has 0 spiro atoms. The van der Waals surface area contributed by atoms with Crippen LogP contribution in [0.4, 0.5) is 0 Å². The van der Waals surface area contributed by atoms with Gasteiger partial charge in [0.2, 0.25) is 5.88 Å². The van der Waals surface area contributed by atoms with Crippen molar-refractivity contribution in [2.24, 2.45) is 0 Å². The number of carboxylic acids is 1. The Hall–Kier alpha value is -1.95. The van der Waals surface area contributed by atoms with Gasteiger partial charge in [0, 0.05) is 6.07 Å². The van der Waals surface area contributed by atoms with E-state index < -0.39 is 5.97 Å². The summed E-state index contributed by atoms with van der Waals surface area (Å²) in [4.78, 5) is 19.8. The molecule has 0 aromatic carbocycles. The zero-order chi connectivity index (χ0) is 12.4. The molecule has 0 radical (unpaired) electrons. The van der Waals surface area contributed by atoms with Gasteiger partial charge in [0.25, 0.3) is 0 Å². The summed E-state index contributed by atoms with van der Waals surface area (Å²) in [5.74, 6) is -0.598. The minimum atomic E-state index is -1.05. The maximum atomic E-state index is 11.0. The van der Waals surface area contributed by atoms with Crippen LogP contribution in [-0.2, 0) is 0 Å². The lowest BCUT2D eigenvalue weighted by molar-refractivity contribution is 0.0692. The van der Waals surface area contributed by atoms with E-state index in [1.807, 2.05) is 0 Å². The Morgan fingerprint density at radius 3 is 2.82 bits per heavy atom. The molecule has 17 heavy (non-hydrogen) atoms. The summed E-state index contributed by atoms with van der Waals surface area (Å²) in [5, 5.41) is 9.75. The van der Waals surface area contributed by atoms with Crippen molar-refractivity contribution in [3.05, 3.63) is 28.9 Å². The van der Waals surface area contributed by atoms with E-state index in [9.17, 15) is 4.79 Å². The lowest BCUT2D eigenvalue weighted by atomic mass is 10.2. The van der Waals surface area contributed by atoms with Crippen LogP contribution in [0, 0.1) is 6.92 Å². The maximum absolute atomic E-state index is 11.0. The summed E-state index contributed by atoms with van der Waals surface area (Å²) >= 11 is 1.30. The van der Waals surface area contributed by atoms with Crippen molar-refractivity contribution >= 4 is 17.3 Å². The summed E-state index contributed by atoms with van der Waals surface area (Å²) in [6, 6.07) is 5.21. The highest BCUT2D eigenvalue weighted by molar-refractivity contribution is 7.15. The van der Waals surface area contributed by atoms with Crippen LogP contribution >= 0.6 is 11.3 Å². The highest BCUT2D eigenvalue weighted by Gasteiger charge is 2.18. The second kappa shape index (κ2) is 4.50. The fourth-order valence-electron chi connectivity index (χ4n) is 1.40. The third-order valence-electron chi connectivity index (χ3n) is 2.10. The van der Waals surface area contributed by atoms with Crippen LogP contribution in [0.5, 0.6) is 5.88 Å². The van der Waals surface area contributed by atoms with Gasteiger partial charge < -0.3 is 9.84 Å². The van der Waals surface area contributed by atoms with E-state index >= 15 is 0 Å². The van der Waals surface area contributed by atoms with Gasteiger partial charge in [-0.05, 0) is 13.0 Å². The molecule has 2 rings (SSSR count). The van der Waals surface area contributed by atoms with Crippen molar-refractivity contribution in [3.8, 4) is 16.5 Å². The first-order chi connectivity index (χ1) is 8.11. The third kappa shape index (κ3) is 2.26. The van der Waals surface area contributed by atoms with Crippen LogP contribution in [0.25, 0.3) is 10.6 Å². The van der Waals surface area contributed by atoms with E-state index in [1.165, 1.54) is 18.4 Å². The summed E-state index contributed by atoms with van der Waals surface area (Å²) in [6.07, 6.45) is 0. The molecule has 0 aliphatic carbocycles. The average Bonchev–Trinajstić information content (AvgIpc) is 2.72. The number of carboxylic acid groups (broad SMARTS) is 1. The predicted octanol–water partition coefficient (Wildman–Crippen LogP) is 2.22. The molecule has 6 heteroatoms. The molecule has 5 nitrogen and oxygen atoms in total. The molecule has 0 saturated heterocycles. The van der Waals surface area contributed by atoms with E-state index in [4.69, 9.17) is 9.84 Å². The minimum absolute atomic E-state index is 0.0354. The van der Waals surface area contributed by atoms with Crippen molar-refractivity contribution in [3.63, 3.8) is 0 Å². The number of rotatable bonds is 3. The largest absolute Gasteiger partial charge is 0.481 e. The molecule has 0 aliphatic heterocycles. The highest BCUT2D eigenvalue weighted by atomic mass is 32.1. The number of ether oxygens (including phenoxy) is 1. The summed E-state index contributed by atoms with van der Waals surface area (Å²) in [5.41, 5.74) is 0.598. The van der Waals surface area contributed by atoms with Crippen LogP contribution < -0.4 is 4.74 Å². The monoisotopic (exact) mass is 250 g/mol. The molecule has 88 valence electrons. The zero-order valence-corrected chi connectivity index (χ0v) is 10.1. The molecule has 0 bridgehead atoms. The van der Waals surface area contributed by atoms with Crippen LogP contribution in [0.1, 0.15) is 15.5 Å². The molecule has 0 aliphatic rings. The van der Waals surface area contributed by atoms with Crippen LogP contribution in [0.3, 0.4) is 0 Å². The standard InChI is InChI=1S/C11H10N2O3S/c1-6-12-9(11(14)15)10(17-6)7-4-3-5-8(13-7)16-2/h3-5H,1-2H3,(H,14,15). The average molecular weight is 250 g/mol. The number of hydrogen-bond acceptors (Lipinski definition) is 5. The third-order valence-corrected chi connectivity index (χ3v) is 3.10. The number of methoxy groups -OCH3 is 1. The lowest BCUT2D eigenvalue weighted by Gasteiger charge is -2.01. The first-order valence-electron chi connectivity index (χ1n) is 4.84. The van der Waals surface area contributed by atoms with E-state index in [1.54, 1.807) is 25.1 Å². The van der Waals surface area contributed by atoms with Crippen molar-refractivity contribution < 1.29 is 14.6 Å². The first-order valence-corrected chi connectivity index (χ1v) is 5.65. The predicted molar refractivity (Wildman–Crippen MR) is 63.6 cm³/mol.